The van der Waals surface area contributed by atoms with Gasteiger partial charge in [-0.2, -0.15) is 0 Å². The van der Waals surface area contributed by atoms with Crippen LogP contribution >= 0.6 is 0 Å². The van der Waals surface area contributed by atoms with Gasteiger partial charge in [0.25, 0.3) is 0 Å². The molecule has 8 aromatic rings. The van der Waals surface area contributed by atoms with Crippen LogP contribution in [0.2, 0.25) is 0 Å². The van der Waals surface area contributed by atoms with Gasteiger partial charge in [-0.05, 0) is 90.5 Å². The molecule has 0 radical (unpaired) electrons. The summed E-state index contributed by atoms with van der Waals surface area (Å²) in [6.45, 7) is 8.63. The quantitative estimate of drug-likeness (QED) is 0.146. The second-order valence-electron chi connectivity index (χ2n) is 12.0. The van der Waals surface area contributed by atoms with Gasteiger partial charge in [-0.1, -0.05) is 130 Å². The first-order valence-electron chi connectivity index (χ1n) is 17.7. The van der Waals surface area contributed by atoms with E-state index in [0.29, 0.717) is 0 Å². The average molecular weight is 676 g/mol. The zero-order chi connectivity index (χ0) is 35.7. The number of para-hydroxylation sites is 4. The Kier molecular flexibility index (Phi) is 10.3. The van der Waals surface area contributed by atoms with Gasteiger partial charge in [0.05, 0.1) is 11.4 Å². The maximum absolute atomic E-state index is 6.21. The maximum atomic E-state index is 6.21. The van der Waals surface area contributed by atoms with Crippen molar-refractivity contribution in [2.75, 3.05) is 15.1 Å². The fourth-order valence-corrected chi connectivity index (χ4v) is 6.38. The van der Waals surface area contributed by atoms with Gasteiger partial charge in [0.2, 0.25) is 0 Å². The lowest BCUT2D eigenvalue weighted by atomic mass is 10.1. The molecule has 0 saturated heterocycles. The second-order valence-corrected chi connectivity index (χ2v) is 12.0. The van der Waals surface area contributed by atoms with Crippen molar-refractivity contribution in [2.45, 2.75) is 13.8 Å². The Bertz CT molecular complexity index is 2380. The van der Waals surface area contributed by atoms with Crippen LogP contribution in [0.25, 0.3) is 28.0 Å². The monoisotopic (exact) mass is 675 g/mol. The Morgan fingerprint density at radius 1 is 0.538 bits per heavy atom. The van der Waals surface area contributed by atoms with Gasteiger partial charge in [0.1, 0.15) is 11.2 Å². The molecule has 0 aliphatic heterocycles. The number of hydrogen-bond donors (Lipinski definition) is 1. The van der Waals surface area contributed by atoms with Crippen LogP contribution in [0.4, 0.5) is 39.8 Å². The highest BCUT2D eigenvalue weighted by Crippen LogP contribution is 2.44. The third-order valence-corrected chi connectivity index (χ3v) is 8.73. The molecular formula is C48H41N3O. The van der Waals surface area contributed by atoms with Crippen LogP contribution in [0.3, 0.4) is 0 Å². The minimum atomic E-state index is 0.813. The largest absolute Gasteiger partial charge is 0.456 e. The molecule has 4 nitrogen and oxygen atoms in total. The first-order chi connectivity index (χ1) is 25.7. The van der Waals surface area contributed by atoms with Crippen molar-refractivity contribution in [3.63, 3.8) is 0 Å². The molecule has 4 heteroatoms. The van der Waals surface area contributed by atoms with E-state index < -0.39 is 0 Å². The molecule has 52 heavy (non-hydrogen) atoms. The predicted octanol–water partition coefficient (Wildman–Crippen LogP) is 14.2. The number of benzene rings is 7. The number of nitrogens with zero attached hydrogens (tertiary/aromatic N) is 2. The molecule has 254 valence electrons. The summed E-state index contributed by atoms with van der Waals surface area (Å²) in [6.07, 6.45) is 4.18. The molecule has 0 saturated carbocycles. The summed E-state index contributed by atoms with van der Waals surface area (Å²) in [4.78, 5) is 4.49. The van der Waals surface area contributed by atoms with Gasteiger partial charge >= 0.3 is 0 Å². The highest BCUT2D eigenvalue weighted by molar-refractivity contribution is 6.06. The van der Waals surface area contributed by atoms with Crippen LogP contribution < -0.4 is 15.1 Å². The molecule has 0 fully saturated rings. The van der Waals surface area contributed by atoms with Gasteiger partial charge in [0, 0.05) is 44.9 Å². The minimum absolute atomic E-state index is 0.813. The van der Waals surface area contributed by atoms with Crippen LogP contribution in [-0.4, -0.2) is 0 Å². The summed E-state index contributed by atoms with van der Waals surface area (Å²) in [5, 5.41) is 5.89. The van der Waals surface area contributed by atoms with Crippen LogP contribution in [0.1, 0.15) is 19.4 Å². The summed E-state index contributed by atoms with van der Waals surface area (Å²) in [7, 11) is 0. The number of furan rings is 1. The summed E-state index contributed by atoms with van der Waals surface area (Å²) in [6, 6.07) is 62.6. The third-order valence-electron chi connectivity index (χ3n) is 8.73. The lowest BCUT2D eigenvalue weighted by molar-refractivity contribution is 0.669. The van der Waals surface area contributed by atoms with Crippen LogP contribution in [-0.2, 0) is 0 Å². The van der Waals surface area contributed by atoms with Gasteiger partial charge in [0.15, 0.2) is 0 Å². The van der Waals surface area contributed by atoms with E-state index in [2.05, 4.69) is 155 Å². The number of anilines is 7. The van der Waals surface area contributed by atoms with E-state index in [0.717, 1.165) is 73.0 Å². The fourth-order valence-electron chi connectivity index (χ4n) is 6.38. The predicted molar refractivity (Wildman–Crippen MR) is 223 cm³/mol. The topological polar surface area (TPSA) is 31.7 Å². The highest BCUT2D eigenvalue weighted by atomic mass is 16.3. The maximum Gasteiger partial charge on any atom is 0.135 e. The van der Waals surface area contributed by atoms with Gasteiger partial charge in [-0.25, -0.2) is 0 Å². The second kappa shape index (κ2) is 15.8. The van der Waals surface area contributed by atoms with Crippen molar-refractivity contribution < 1.29 is 4.42 Å². The third kappa shape index (κ3) is 7.23. The molecule has 0 amide bonds. The zero-order valence-electron chi connectivity index (χ0n) is 29.5. The Hall–Kier alpha value is -6.78. The molecule has 0 unspecified atom stereocenters. The first-order valence-corrected chi connectivity index (χ1v) is 17.7. The van der Waals surface area contributed by atoms with E-state index in [1.807, 2.05) is 74.5 Å². The van der Waals surface area contributed by atoms with Crippen LogP contribution in [0, 0.1) is 0 Å². The van der Waals surface area contributed by atoms with E-state index in [9.17, 15) is 0 Å². The molecule has 1 heterocycles. The van der Waals surface area contributed by atoms with E-state index in [4.69, 9.17) is 4.42 Å². The Morgan fingerprint density at radius 2 is 1.10 bits per heavy atom. The van der Waals surface area contributed by atoms with E-state index >= 15 is 0 Å². The SMILES string of the molecule is C=C(/C=C\c1ccccc1)N(c1ccc2oc3ccccc3c2c1)c1ccc(N(c2ccccc2)c2ccccc2)cc1Nc1ccccc1.CC. The van der Waals surface area contributed by atoms with Gasteiger partial charge < -0.3 is 19.5 Å². The van der Waals surface area contributed by atoms with Crippen molar-refractivity contribution >= 4 is 67.8 Å². The van der Waals surface area contributed by atoms with Gasteiger partial charge in [-0.3, -0.25) is 0 Å². The van der Waals surface area contributed by atoms with Crippen molar-refractivity contribution in [3.8, 4) is 0 Å². The standard InChI is InChI=1S/C46H35N3O.C2H6/c1-34(26-27-35-16-6-2-7-17-35)48(39-29-31-46-42(32-39)41-24-14-15-25-45(41)50-46)44-30-28-40(33-43(44)47-36-18-8-3-9-19-36)49(37-20-10-4-11-21-37)38-22-12-5-13-23-38;1-2/h2-33,47H,1H2;1-2H3/b27-26-;. The zero-order valence-corrected chi connectivity index (χ0v) is 29.5. The normalized spacial score (nSPS) is 10.9. The molecule has 8 rings (SSSR count). The molecular weight excluding hydrogens is 635 g/mol. The van der Waals surface area contributed by atoms with Crippen molar-refractivity contribution in [2.24, 2.45) is 0 Å². The minimum Gasteiger partial charge on any atom is -0.456 e. The smallest absolute Gasteiger partial charge is 0.135 e. The molecule has 0 spiro atoms. The van der Waals surface area contributed by atoms with Crippen molar-refractivity contribution in [3.05, 3.63) is 206 Å². The first kappa shape index (κ1) is 33.7. The van der Waals surface area contributed by atoms with E-state index in [-0.39, 0.29) is 0 Å². The van der Waals surface area contributed by atoms with Crippen molar-refractivity contribution in [1.82, 2.24) is 0 Å². The van der Waals surface area contributed by atoms with Gasteiger partial charge in [-0.15, -0.1) is 0 Å². The molecule has 0 aliphatic rings. The Balaban J connectivity index is 0.00000207. The molecule has 7 aromatic carbocycles. The number of fused-ring (bicyclic) bond motifs is 3. The van der Waals surface area contributed by atoms with Crippen LogP contribution in [0.15, 0.2) is 205 Å². The lowest BCUT2D eigenvalue weighted by Gasteiger charge is -2.31. The highest BCUT2D eigenvalue weighted by Gasteiger charge is 2.21. The molecule has 1 aromatic heterocycles. The van der Waals surface area contributed by atoms with E-state index in [1.54, 1.807) is 0 Å². The number of allylic oxidation sites excluding steroid dienone is 1. The molecule has 0 bridgehead atoms. The molecule has 1 N–H and O–H groups in total. The summed E-state index contributed by atoms with van der Waals surface area (Å²) in [5.41, 5.74) is 10.6. The number of hydrogen-bond acceptors (Lipinski definition) is 4. The lowest BCUT2D eigenvalue weighted by Crippen LogP contribution is -2.17. The average Bonchev–Trinajstić information content (AvgIpc) is 3.59. The molecule has 0 aliphatic carbocycles. The number of nitrogens with one attached hydrogen (secondary N) is 1. The fraction of sp³-hybridized carbons (Fsp3) is 0.0417. The van der Waals surface area contributed by atoms with E-state index in [1.165, 1.54) is 0 Å². The molecule has 0 atom stereocenters. The van der Waals surface area contributed by atoms with Crippen LogP contribution in [0.5, 0.6) is 0 Å². The summed E-state index contributed by atoms with van der Waals surface area (Å²) < 4.78 is 6.21. The summed E-state index contributed by atoms with van der Waals surface area (Å²) >= 11 is 0. The number of rotatable bonds is 10. The van der Waals surface area contributed by atoms with Crippen molar-refractivity contribution in [1.29, 1.82) is 0 Å². The Morgan fingerprint density at radius 3 is 1.77 bits per heavy atom. The Labute approximate surface area is 306 Å². The summed E-state index contributed by atoms with van der Waals surface area (Å²) in [5.74, 6) is 0.